The quantitative estimate of drug-likeness (QED) is 0.922. The Morgan fingerprint density at radius 3 is 2.78 bits per heavy atom. The smallest absolute Gasteiger partial charge is 0.335 e. The number of carboxylic acids is 1. The zero-order valence-corrected chi connectivity index (χ0v) is 10.4. The van der Waals surface area contributed by atoms with Gasteiger partial charge in [0.2, 0.25) is 0 Å². The normalized spacial score (nSPS) is 11.0. The fourth-order valence-electron chi connectivity index (χ4n) is 1.43. The van der Waals surface area contributed by atoms with Crippen LogP contribution < -0.4 is 0 Å². The molecule has 0 saturated carbocycles. The zero-order valence-electron chi connectivity index (χ0n) is 9.55. The molecule has 0 aliphatic carbocycles. The number of hydrogen-bond donors (Lipinski definition) is 1. The Morgan fingerprint density at radius 1 is 1.44 bits per heavy atom. The van der Waals surface area contributed by atoms with Crippen LogP contribution in [0.15, 0.2) is 23.6 Å². The third-order valence-electron chi connectivity index (χ3n) is 2.32. The van der Waals surface area contributed by atoms with Crippen molar-refractivity contribution in [2.45, 2.75) is 6.92 Å². The Balaban J connectivity index is 2.24. The lowest BCUT2D eigenvalue weighted by Gasteiger charge is -1.98. The molecule has 2 aromatic rings. The molecule has 0 aliphatic rings. The summed E-state index contributed by atoms with van der Waals surface area (Å²) in [5.41, 5.74) is 1.04. The van der Waals surface area contributed by atoms with Crippen molar-refractivity contribution >= 4 is 29.5 Å². The average molecular weight is 263 g/mol. The van der Waals surface area contributed by atoms with Crippen molar-refractivity contribution in [2.75, 3.05) is 0 Å². The Kier molecular flexibility index (Phi) is 3.53. The lowest BCUT2D eigenvalue weighted by Crippen LogP contribution is -1.97. The molecule has 1 aromatic heterocycles. The summed E-state index contributed by atoms with van der Waals surface area (Å²) >= 11 is 1.52. The van der Waals surface area contributed by atoms with Gasteiger partial charge in [-0.3, -0.25) is 0 Å². The van der Waals surface area contributed by atoms with E-state index in [1.54, 1.807) is 12.2 Å². The first-order valence-electron chi connectivity index (χ1n) is 5.19. The van der Waals surface area contributed by atoms with Crippen LogP contribution in [-0.4, -0.2) is 16.1 Å². The maximum atomic E-state index is 13.6. The lowest BCUT2D eigenvalue weighted by atomic mass is 10.1. The van der Waals surface area contributed by atoms with Gasteiger partial charge in [-0.15, -0.1) is 11.3 Å². The number of aryl methyl sites for hydroxylation is 1. The second-order valence-corrected chi connectivity index (χ2v) is 4.73. The van der Waals surface area contributed by atoms with E-state index in [0.29, 0.717) is 5.56 Å². The van der Waals surface area contributed by atoms with E-state index in [4.69, 9.17) is 5.11 Å². The fraction of sp³-hybridized carbons (Fsp3) is 0.0769. The van der Waals surface area contributed by atoms with E-state index in [1.165, 1.54) is 23.5 Å². The predicted octanol–water partition coefficient (Wildman–Crippen LogP) is 3.46. The standard InChI is InChI=1S/C13H10FNO2S/c1-8-15-11(7-18-8)5-4-9-2-3-10(13(16)17)6-12(9)14/h2-7H,1H3,(H,16,17)/b5-4+. The first-order chi connectivity index (χ1) is 8.56. The summed E-state index contributed by atoms with van der Waals surface area (Å²) in [6, 6.07) is 3.82. The van der Waals surface area contributed by atoms with Gasteiger partial charge in [0.15, 0.2) is 0 Å². The van der Waals surface area contributed by atoms with Crippen molar-refractivity contribution in [2.24, 2.45) is 0 Å². The summed E-state index contributed by atoms with van der Waals surface area (Å²) in [7, 11) is 0. The number of hydrogen-bond acceptors (Lipinski definition) is 3. The monoisotopic (exact) mass is 263 g/mol. The van der Waals surface area contributed by atoms with E-state index in [1.807, 2.05) is 12.3 Å². The maximum Gasteiger partial charge on any atom is 0.335 e. The number of nitrogens with zero attached hydrogens (tertiary/aromatic N) is 1. The Morgan fingerprint density at radius 2 is 2.22 bits per heavy atom. The molecule has 0 amide bonds. The van der Waals surface area contributed by atoms with Gasteiger partial charge in [-0.25, -0.2) is 14.2 Å². The summed E-state index contributed by atoms with van der Waals surface area (Å²) in [6.45, 7) is 1.89. The van der Waals surface area contributed by atoms with E-state index in [-0.39, 0.29) is 5.56 Å². The number of aromatic carboxylic acids is 1. The first kappa shape index (κ1) is 12.4. The first-order valence-corrected chi connectivity index (χ1v) is 6.07. The molecule has 1 heterocycles. The van der Waals surface area contributed by atoms with Gasteiger partial charge in [-0.1, -0.05) is 6.07 Å². The minimum atomic E-state index is -1.14. The van der Waals surface area contributed by atoms with Gasteiger partial charge in [0, 0.05) is 10.9 Å². The molecule has 18 heavy (non-hydrogen) atoms. The van der Waals surface area contributed by atoms with Gasteiger partial charge in [0.05, 0.1) is 16.3 Å². The minimum absolute atomic E-state index is 0.0610. The molecule has 0 radical (unpaired) electrons. The maximum absolute atomic E-state index is 13.6. The highest BCUT2D eigenvalue weighted by atomic mass is 32.1. The van der Waals surface area contributed by atoms with Crippen LogP contribution in [0, 0.1) is 12.7 Å². The SMILES string of the molecule is Cc1nc(/C=C/c2ccc(C(=O)O)cc2F)cs1. The molecule has 0 fully saturated rings. The second-order valence-electron chi connectivity index (χ2n) is 3.67. The van der Waals surface area contributed by atoms with Crippen LogP contribution in [0.2, 0.25) is 0 Å². The highest BCUT2D eigenvalue weighted by Crippen LogP contribution is 2.15. The van der Waals surface area contributed by atoms with E-state index in [0.717, 1.165) is 16.8 Å². The number of carbonyl (C=O) groups is 1. The van der Waals surface area contributed by atoms with Gasteiger partial charge < -0.3 is 5.11 Å². The summed E-state index contributed by atoms with van der Waals surface area (Å²) in [5, 5.41) is 11.5. The van der Waals surface area contributed by atoms with Crippen LogP contribution in [0.4, 0.5) is 4.39 Å². The second kappa shape index (κ2) is 5.10. The summed E-state index contributed by atoms with van der Waals surface area (Å²) in [5.74, 6) is -1.70. The van der Waals surface area contributed by atoms with Gasteiger partial charge >= 0.3 is 5.97 Å². The molecule has 1 aromatic carbocycles. The van der Waals surface area contributed by atoms with Crippen molar-refractivity contribution in [1.29, 1.82) is 0 Å². The number of rotatable bonds is 3. The third kappa shape index (κ3) is 2.81. The number of benzene rings is 1. The molecule has 2 rings (SSSR count). The molecule has 92 valence electrons. The summed E-state index contributed by atoms with van der Waals surface area (Å²) in [6.07, 6.45) is 3.28. The molecule has 5 heteroatoms. The molecular formula is C13H10FNO2S. The fourth-order valence-corrected chi connectivity index (χ4v) is 2.01. The molecule has 0 bridgehead atoms. The van der Waals surface area contributed by atoms with Crippen LogP contribution in [0.25, 0.3) is 12.2 Å². The van der Waals surface area contributed by atoms with Crippen molar-refractivity contribution in [3.05, 3.63) is 51.2 Å². The van der Waals surface area contributed by atoms with E-state index in [2.05, 4.69) is 4.98 Å². The number of aromatic nitrogens is 1. The molecule has 0 atom stereocenters. The van der Waals surface area contributed by atoms with Crippen LogP contribution >= 0.6 is 11.3 Å². The highest BCUT2D eigenvalue weighted by Gasteiger charge is 2.06. The summed E-state index contributed by atoms with van der Waals surface area (Å²) in [4.78, 5) is 14.9. The highest BCUT2D eigenvalue weighted by molar-refractivity contribution is 7.09. The lowest BCUT2D eigenvalue weighted by molar-refractivity contribution is 0.0696. The van der Waals surface area contributed by atoms with Crippen LogP contribution in [0.3, 0.4) is 0 Å². The Bertz CT molecular complexity index is 619. The molecule has 0 spiro atoms. The molecule has 1 N–H and O–H groups in total. The van der Waals surface area contributed by atoms with Gasteiger partial charge in [-0.2, -0.15) is 0 Å². The van der Waals surface area contributed by atoms with Crippen LogP contribution in [0.1, 0.15) is 26.6 Å². The van der Waals surface area contributed by atoms with E-state index >= 15 is 0 Å². The Labute approximate surface area is 107 Å². The van der Waals surface area contributed by atoms with Gasteiger partial charge in [0.1, 0.15) is 5.82 Å². The van der Waals surface area contributed by atoms with E-state index < -0.39 is 11.8 Å². The van der Waals surface area contributed by atoms with Crippen molar-refractivity contribution in [3.8, 4) is 0 Å². The summed E-state index contributed by atoms with van der Waals surface area (Å²) < 4.78 is 13.6. The molecular weight excluding hydrogens is 253 g/mol. The number of halogens is 1. The molecule has 0 unspecified atom stereocenters. The zero-order chi connectivity index (χ0) is 13.1. The van der Waals surface area contributed by atoms with Gasteiger partial charge in [0.25, 0.3) is 0 Å². The van der Waals surface area contributed by atoms with Crippen molar-refractivity contribution in [1.82, 2.24) is 4.98 Å². The topological polar surface area (TPSA) is 50.2 Å². The van der Waals surface area contributed by atoms with Gasteiger partial charge in [-0.05, 0) is 31.2 Å². The molecule has 0 aliphatic heterocycles. The number of thiazole rings is 1. The largest absolute Gasteiger partial charge is 0.478 e. The third-order valence-corrected chi connectivity index (χ3v) is 3.11. The van der Waals surface area contributed by atoms with Crippen molar-refractivity contribution in [3.63, 3.8) is 0 Å². The number of carboxylic acid groups (broad SMARTS) is 1. The predicted molar refractivity (Wildman–Crippen MR) is 69.1 cm³/mol. The average Bonchev–Trinajstić information content (AvgIpc) is 2.73. The molecule has 3 nitrogen and oxygen atoms in total. The van der Waals surface area contributed by atoms with Crippen LogP contribution in [0.5, 0.6) is 0 Å². The van der Waals surface area contributed by atoms with Crippen molar-refractivity contribution < 1.29 is 14.3 Å². The molecule has 0 saturated heterocycles. The van der Waals surface area contributed by atoms with Crippen LogP contribution in [-0.2, 0) is 0 Å². The Hall–Kier alpha value is -2.01. The van der Waals surface area contributed by atoms with E-state index in [9.17, 15) is 9.18 Å². The minimum Gasteiger partial charge on any atom is -0.478 e.